The number of nitrogens with zero attached hydrogens (tertiary/aromatic N) is 3. The number of fused-ring (bicyclic) bond motifs is 1. The van der Waals surface area contributed by atoms with Crippen molar-refractivity contribution in [2.24, 2.45) is 0 Å². The minimum absolute atomic E-state index is 0.0387. The fourth-order valence-electron chi connectivity index (χ4n) is 3.39. The van der Waals surface area contributed by atoms with Crippen LogP contribution in [0, 0.1) is 5.82 Å². The van der Waals surface area contributed by atoms with Crippen molar-refractivity contribution < 1.29 is 23.1 Å². The number of para-hydroxylation sites is 3. The highest BCUT2D eigenvalue weighted by atomic mass is 32.2. The zero-order valence-electron chi connectivity index (χ0n) is 17.4. The van der Waals surface area contributed by atoms with Gasteiger partial charge in [-0.1, -0.05) is 36.0 Å². The summed E-state index contributed by atoms with van der Waals surface area (Å²) in [6.07, 6.45) is -0.472. The van der Waals surface area contributed by atoms with Gasteiger partial charge in [-0.3, -0.25) is 9.59 Å². The van der Waals surface area contributed by atoms with Gasteiger partial charge >= 0.3 is 0 Å². The van der Waals surface area contributed by atoms with E-state index < -0.39 is 11.9 Å². The average Bonchev–Trinajstić information content (AvgIpc) is 3.19. The predicted octanol–water partition coefficient (Wildman–Crippen LogP) is 4.20. The molecule has 2 amide bonds. The van der Waals surface area contributed by atoms with Crippen LogP contribution in [0.3, 0.4) is 0 Å². The Hall–Kier alpha value is -3.40. The first-order valence-electron chi connectivity index (χ1n) is 10.0. The molecule has 4 rings (SSSR count). The van der Waals surface area contributed by atoms with E-state index in [9.17, 15) is 14.0 Å². The van der Waals surface area contributed by atoms with Gasteiger partial charge in [0.15, 0.2) is 17.7 Å². The molecule has 166 valence electrons. The third-order valence-corrected chi connectivity index (χ3v) is 5.66. The van der Waals surface area contributed by atoms with Gasteiger partial charge in [0.2, 0.25) is 11.8 Å². The summed E-state index contributed by atoms with van der Waals surface area (Å²) < 4.78 is 24.9. The van der Waals surface area contributed by atoms with Crippen LogP contribution in [-0.2, 0) is 9.59 Å². The van der Waals surface area contributed by atoms with Crippen LogP contribution >= 0.6 is 11.8 Å². The largest absolute Gasteiger partial charge is 0.478 e. The number of benzene rings is 2. The van der Waals surface area contributed by atoms with Gasteiger partial charge in [0.05, 0.1) is 17.1 Å². The highest BCUT2D eigenvalue weighted by Crippen LogP contribution is 2.32. The number of carbonyl (C=O) groups is 2. The Labute approximate surface area is 188 Å². The molecule has 0 saturated carbocycles. The first kappa shape index (κ1) is 21.8. The standard InChI is InChI=1S/C22H21FN4O4S/c1-13-11-19(28)24-16-8-4-5-9-17(16)27(13)20(29)12-32-22-26-25-21(31-22)14(2)30-18-10-6-3-7-15(18)23/h3-10,13-14H,11-12H2,1-2H3,(H,24,28)/t13-,14+/m1/s1. The Bertz CT molecular complexity index is 1140. The maximum atomic E-state index is 13.8. The molecular weight excluding hydrogens is 435 g/mol. The van der Waals surface area contributed by atoms with Gasteiger partial charge < -0.3 is 19.4 Å². The molecule has 0 fully saturated rings. The van der Waals surface area contributed by atoms with E-state index in [-0.39, 0.29) is 46.9 Å². The number of amides is 2. The fraction of sp³-hybridized carbons (Fsp3) is 0.273. The third-order valence-electron chi connectivity index (χ3n) is 4.86. The number of anilines is 2. The summed E-state index contributed by atoms with van der Waals surface area (Å²) >= 11 is 1.09. The molecule has 0 bridgehead atoms. The van der Waals surface area contributed by atoms with Crippen molar-refractivity contribution in [3.8, 4) is 5.75 Å². The number of carbonyl (C=O) groups excluding carboxylic acids is 2. The van der Waals surface area contributed by atoms with Crippen molar-refractivity contribution in [2.75, 3.05) is 16.0 Å². The second-order valence-corrected chi connectivity index (χ2v) is 8.19. The highest BCUT2D eigenvalue weighted by Gasteiger charge is 2.30. The Kier molecular flexibility index (Phi) is 6.40. The molecule has 8 nitrogen and oxygen atoms in total. The van der Waals surface area contributed by atoms with Gasteiger partial charge in [0.1, 0.15) is 0 Å². The van der Waals surface area contributed by atoms with Crippen molar-refractivity contribution in [1.82, 2.24) is 10.2 Å². The van der Waals surface area contributed by atoms with E-state index in [1.165, 1.54) is 12.1 Å². The predicted molar refractivity (Wildman–Crippen MR) is 117 cm³/mol. The molecule has 1 aliphatic rings. The van der Waals surface area contributed by atoms with Crippen LogP contribution in [0.5, 0.6) is 5.75 Å². The summed E-state index contributed by atoms with van der Waals surface area (Å²) in [7, 11) is 0. The maximum absolute atomic E-state index is 13.8. The van der Waals surface area contributed by atoms with Crippen LogP contribution in [0.4, 0.5) is 15.8 Å². The molecule has 2 heterocycles. The topological polar surface area (TPSA) is 97.6 Å². The quantitative estimate of drug-likeness (QED) is 0.555. The molecule has 2 atom stereocenters. The normalized spacial score (nSPS) is 16.7. The van der Waals surface area contributed by atoms with Crippen LogP contribution in [0.2, 0.25) is 0 Å². The number of rotatable bonds is 6. The van der Waals surface area contributed by atoms with Crippen molar-refractivity contribution in [3.05, 3.63) is 60.2 Å². The number of aromatic nitrogens is 2. The lowest BCUT2D eigenvalue weighted by Gasteiger charge is -2.27. The summed E-state index contributed by atoms with van der Waals surface area (Å²) in [6, 6.07) is 12.9. The first-order chi connectivity index (χ1) is 15.4. The van der Waals surface area contributed by atoms with Gasteiger partial charge in [-0.25, -0.2) is 4.39 Å². The van der Waals surface area contributed by atoms with Crippen LogP contribution in [0.25, 0.3) is 0 Å². The van der Waals surface area contributed by atoms with E-state index in [1.54, 1.807) is 42.2 Å². The van der Waals surface area contributed by atoms with Crippen LogP contribution in [0.15, 0.2) is 58.2 Å². The Morgan fingerprint density at radius 3 is 2.84 bits per heavy atom. The molecule has 2 aromatic carbocycles. The molecule has 0 aliphatic carbocycles. The molecule has 0 spiro atoms. The monoisotopic (exact) mass is 456 g/mol. The number of thioether (sulfide) groups is 1. The van der Waals surface area contributed by atoms with Gasteiger partial charge in [0, 0.05) is 12.5 Å². The van der Waals surface area contributed by atoms with Crippen LogP contribution < -0.4 is 15.0 Å². The molecule has 1 aromatic heterocycles. The number of nitrogens with one attached hydrogen (secondary N) is 1. The summed E-state index contributed by atoms with van der Waals surface area (Å²) in [6.45, 7) is 3.50. The van der Waals surface area contributed by atoms with Crippen molar-refractivity contribution >= 4 is 35.0 Å². The summed E-state index contributed by atoms with van der Waals surface area (Å²) in [5.74, 6) is -0.526. The van der Waals surface area contributed by atoms with E-state index in [1.807, 2.05) is 13.0 Å². The summed E-state index contributed by atoms with van der Waals surface area (Å²) in [5.41, 5.74) is 1.24. The lowest BCUT2D eigenvalue weighted by molar-refractivity contribution is -0.117. The summed E-state index contributed by atoms with van der Waals surface area (Å²) in [4.78, 5) is 26.7. The molecule has 0 radical (unpaired) electrons. The van der Waals surface area contributed by atoms with Crippen molar-refractivity contribution in [1.29, 1.82) is 0 Å². The van der Waals surface area contributed by atoms with E-state index in [2.05, 4.69) is 15.5 Å². The molecular formula is C22H21FN4O4S. The number of halogens is 1. The molecule has 0 unspecified atom stereocenters. The Morgan fingerprint density at radius 2 is 2.03 bits per heavy atom. The smallest absolute Gasteiger partial charge is 0.277 e. The van der Waals surface area contributed by atoms with E-state index in [4.69, 9.17) is 9.15 Å². The highest BCUT2D eigenvalue weighted by molar-refractivity contribution is 7.99. The number of ether oxygens (including phenoxy) is 1. The van der Waals surface area contributed by atoms with Gasteiger partial charge in [0.25, 0.3) is 11.1 Å². The third kappa shape index (κ3) is 4.75. The molecule has 32 heavy (non-hydrogen) atoms. The van der Waals surface area contributed by atoms with E-state index in [0.29, 0.717) is 11.4 Å². The minimum atomic E-state index is -0.668. The molecule has 1 aliphatic heterocycles. The van der Waals surface area contributed by atoms with Crippen LogP contribution in [-0.4, -0.2) is 33.8 Å². The second kappa shape index (κ2) is 9.39. The number of hydrogen-bond acceptors (Lipinski definition) is 7. The zero-order chi connectivity index (χ0) is 22.7. The van der Waals surface area contributed by atoms with Gasteiger partial charge in [-0.05, 0) is 38.1 Å². The lowest BCUT2D eigenvalue weighted by Crippen LogP contribution is -2.40. The molecule has 3 aromatic rings. The molecule has 10 heteroatoms. The fourth-order valence-corrected chi connectivity index (χ4v) is 4.01. The van der Waals surface area contributed by atoms with E-state index in [0.717, 1.165) is 11.8 Å². The zero-order valence-corrected chi connectivity index (χ0v) is 18.3. The molecule has 0 saturated heterocycles. The second-order valence-electron chi connectivity index (χ2n) is 7.27. The van der Waals surface area contributed by atoms with Gasteiger partial charge in [-0.15, -0.1) is 10.2 Å². The maximum Gasteiger partial charge on any atom is 0.277 e. The number of hydrogen-bond donors (Lipinski definition) is 1. The van der Waals surface area contributed by atoms with Crippen molar-refractivity contribution in [2.45, 2.75) is 37.6 Å². The lowest BCUT2D eigenvalue weighted by atomic mass is 10.2. The Morgan fingerprint density at radius 1 is 1.28 bits per heavy atom. The average molecular weight is 456 g/mol. The van der Waals surface area contributed by atoms with Gasteiger partial charge in [-0.2, -0.15) is 0 Å². The molecule has 1 N–H and O–H groups in total. The van der Waals surface area contributed by atoms with Crippen molar-refractivity contribution in [3.63, 3.8) is 0 Å². The van der Waals surface area contributed by atoms with E-state index >= 15 is 0 Å². The minimum Gasteiger partial charge on any atom is -0.478 e. The van der Waals surface area contributed by atoms with Crippen LogP contribution in [0.1, 0.15) is 32.3 Å². The SMILES string of the molecule is C[C@H](Oc1ccccc1F)c1nnc(SCC(=O)N2c3ccccc3NC(=O)C[C@H]2C)o1. The summed E-state index contributed by atoms with van der Waals surface area (Å²) in [5, 5.41) is 10.9. The Balaban J connectivity index is 1.42. The first-order valence-corrected chi connectivity index (χ1v) is 11.0.